The SMILES string of the molecule is CN1CCN(C(=O)c2cc(-c3ccc(Cl)cn3)n(-c3cccnc3)n2)CC1=O. The second-order valence-corrected chi connectivity index (χ2v) is 6.88. The number of hydrogen-bond acceptors (Lipinski definition) is 5. The molecule has 4 rings (SSSR count). The van der Waals surface area contributed by atoms with Crippen LogP contribution in [0.5, 0.6) is 0 Å². The van der Waals surface area contributed by atoms with Gasteiger partial charge in [-0.05, 0) is 30.3 Å². The highest BCUT2D eigenvalue weighted by atomic mass is 35.5. The zero-order valence-corrected chi connectivity index (χ0v) is 15.9. The Morgan fingerprint density at radius 3 is 2.71 bits per heavy atom. The quantitative estimate of drug-likeness (QED) is 0.675. The Morgan fingerprint density at radius 1 is 1.18 bits per heavy atom. The average Bonchev–Trinajstić information content (AvgIpc) is 3.16. The first-order valence-electron chi connectivity index (χ1n) is 8.68. The number of halogens is 1. The lowest BCUT2D eigenvalue weighted by atomic mass is 10.2. The normalized spacial score (nSPS) is 14.4. The van der Waals surface area contributed by atoms with Gasteiger partial charge in [-0.15, -0.1) is 0 Å². The summed E-state index contributed by atoms with van der Waals surface area (Å²) in [5.74, 6) is -0.384. The molecule has 0 spiro atoms. The van der Waals surface area contributed by atoms with E-state index in [1.165, 1.54) is 11.1 Å². The fraction of sp³-hybridized carbons (Fsp3) is 0.211. The Morgan fingerprint density at radius 2 is 2.04 bits per heavy atom. The Kier molecular flexibility index (Phi) is 4.79. The Balaban J connectivity index is 1.74. The van der Waals surface area contributed by atoms with Gasteiger partial charge in [0, 0.05) is 32.5 Å². The van der Waals surface area contributed by atoms with E-state index >= 15 is 0 Å². The highest BCUT2D eigenvalue weighted by molar-refractivity contribution is 6.30. The highest BCUT2D eigenvalue weighted by Crippen LogP contribution is 2.24. The van der Waals surface area contributed by atoms with Gasteiger partial charge >= 0.3 is 0 Å². The molecule has 0 saturated carbocycles. The first-order chi connectivity index (χ1) is 13.5. The summed E-state index contributed by atoms with van der Waals surface area (Å²) >= 11 is 5.95. The zero-order valence-electron chi connectivity index (χ0n) is 15.1. The summed E-state index contributed by atoms with van der Waals surface area (Å²) in [5, 5.41) is 5.00. The molecule has 0 bridgehead atoms. The van der Waals surface area contributed by atoms with Crippen molar-refractivity contribution < 1.29 is 9.59 Å². The third kappa shape index (κ3) is 3.46. The molecule has 3 aromatic rings. The van der Waals surface area contributed by atoms with Crippen molar-refractivity contribution in [2.45, 2.75) is 0 Å². The molecule has 0 aliphatic carbocycles. The van der Waals surface area contributed by atoms with Crippen LogP contribution in [0.2, 0.25) is 5.02 Å². The first kappa shape index (κ1) is 18.1. The maximum Gasteiger partial charge on any atom is 0.274 e. The van der Waals surface area contributed by atoms with Crippen LogP contribution < -0.4 is 0 Å². The minimum Gasteiger partial charge on any atom is -0.342 e. The van der Waals surface area contributed by atoms with Crippen LogP contribution in [0.25, 0.3) is 17.1 Å². The summed E-state index contributed by atoms with van der Waals surface area (Å²) in [6.07, 6.45) is 4.85. The van der Waals surface area contributed by atoms with E-state index in [2.05, 4.69) is 15.1 Å². The van der Waals surface area contributed by atoms with E-state index in [0.717, 1.165) is 0 Å². The van der Waals surface area contributed by atoms with Gasteiger partial charge in [0.2, 0.25) is 5.91 Å². The smallest absolute Gasteiger partial charge is 0.274 e. The van der Waals surface area contributed by atoms with Gasteiger partial charge in [0.05, 0.1) is 28.3 Å². The second kappa shape index (κ2) is 7.40. The topological polar surface area (TPSA) is 84.2 Å². The minimum absolute atomic E-state index is 0.0453. The minimum atomic E-state index is -0.292. The summed E-state index contributed by atoms with van der Waals surface area (Å²) in [6, 6.07) is 8.79. The highest BCUT2D eigenvalue weighted by Gasteiger charge is 2.28. The summed E-state index contributed by atoms with van der Waals surface area (Å²) < 4.78 is 1.62. The number of hydrogen-bond donors (Lipinski definition) is 0. The molecule has 9 heteroatoms. The van der Waals surface area contributed by atoms with E-state index in [0.29, 0.717) is 35.2 Å². The number of carbonyl (C=O) groups is 2. The molecule has 28 heavy (non-hydrogen) atoms. The number of rotatable bonds is 3. The van der Waals surface area contributed by atoms with E-state index in [1.807, 2.05) is 6.07 Å². The average molecular weight is 397 g/mol. The molecular weight excluding hydrogens is 380 g/mol. The van der Waals surface area contributed by atoms with E-state index in [-0.39, 0.29) is 24.1 Å². The van der Waals surface area contributed by atoms with E-state index in [9.17, 15) is 9.59 Å². The molecule has 1 saturated heterocycles. The Bertz CT molecular complexity index is 1020. The molecule has 0 atom stereocenters. The fourth-order valence-electron chi connectivity index (χ4n) is 2.97. The van der Waals surface area contributed by atoms with Crippen molar-refractivity contribution in [1.29, 1.82) is 0 Å². The lowest BCUT2D eigenvalue weighted by Gasteiger charge is -2.31. The van der Waals surface area contributed by atoms with Gasteiger partial charge in [-0.25, -0.2) is 4.68 Å². The van der Waals surface area contributed by atoms with Crippen LogP contribution in [0, 0.1) is 0 Å². The monoisotopic (exact) mass is 396 g/mol. The molecule has 142 valence electrons. The number of aromatic nitrogens is 4. The zero-order chi connectivity index (χ0) is 19.7. The summed E-state index contributed by atoms with van der Waals surface area (Å²) in [4.78, 5) is 36.5. The predicted molar refractivity (Wildman–Crippen MR) is 103 cm³/mol. The lowest BCUT2D eigenvalue weighted by molar-refractivity contribution is -0.133. The van der Waals surface area contributed by atoms with Crippen LogP contribution in [-0.4, -0.2) is 68.0 Å². The summed E-state index contributed by atoms with van der Waals surface area (Å²) in [6.45, 7) is 1.01. The summed E-state index contributed by atoms with van der Waals surface area (Å²) in [5.41, 5.74) is 2.19. The summed E-state index contributed by atoms with van der Waals surface area (Å²) in [7, 11) is 1.73. The molecule has 1 aliphatic heterocycles. The van der Waals surface area contributed by atoms with Gasteiger partial charge in [0.25, 0.3) is 5.91 Å². The van der Waals surface area contributed by atoms with Gasteiger partial charge in [-0.2, -0.15) is 5.10 Å². The molecule has 1 fully saturated rings. The van der Waals surface area contributed by atoms with Crippen molar-refractivity contribution in [1.82, 2.24) is 29.5 Å². The third-order valence-corrected chi connectivity index (χ3v) is 4.78. The Labute approximate surface area is 166 Å². The number of amides is 2. The van der Waals surface area contributed by atoms with Crippen LogP contribution in [0.3, 0.4) is 0 Å². The predicted octanol–water partition coefficient (Wildman–Crippen LogP) is 1.90. The van der Waals surface area contributed by atoms with Crippen LogP contribution in [0.1, 0.15) is 10.5 Å². The molecule has 8 nitrogen and oxygen atoms in total. The van der Waals surface area contributed by atoms with Crippen LogP contribution in [0.4, 0.5) is 0 Å². The first-order valence-corrected chi connectivity index (χ1v) is 9.06. The largest absolute Gasteiger partial charge is 0.342 e. The van der Waals surface area contributed by atoms with Crippen molar-refractivity contribution in [3.8, 4) is 17.1 Å². The van der Waals surface area contributed by atoms with E-state index in [4.69, 9.17) is 11.6 Å². The lowest BCUT2D eigenvalue weighted by Crippen LogP contribution is -2.50. The molecule has 2 amide bonds. The molecule has 1 aliphatic rings. The maximum atomic E-state index is 13.0. The molecule has 3 aromatic heterocycles. The van der Waals surface area contributed by atoms with Gasteiger partial charge < -0.3 is 9.80 Å². The van der Waals surface area contributed by atoms with Gasteiger partial charge in [0.15, 0.2) is 5.69 Å². The number of carbonyl (C=O) groups excluding carboxylic acids is 2. The third-order valence-electron chi connectivity index (χ3n) is 4.55. The van der Waals surface area contributed by atoms with Crippen molar-refractivity contribution in [3.05, 3.63) is 59.6 Å². The molecule has 0 N–H and O–H groups in total. The Hall–Kier alpha value is -3.26. The van der Waals surface area contributed by atoms with E-state index < -0.39 is 0 Å². The van der Waals surface area contributed by atoms with Crippen LogP contribution >= 0.6 is 11.6 Å². The molecule has 4 heterocycles. The van der Waals surface area contributed by atoms with Gasteiger partial charge in [0.1, 0.15) is 6.54 Å². The number of pyridine rings is 2. The van der Waals surface area contributed by atoms with Crippen molar-refractivity contribution in [2.75, 3.05) is 26.7 Å². The molecule has 0 radical (unpaired) electrons. The van der Waals surface area contributed by atoms with Crippen molar-refractivity contribution in [3.63, 3.8) is 0 Å². The van der Waals surface area contributed by atoms with Crippen molar-refractivity contribution in [2.24, 2.45) is 0 Å². The van der Waals surface area contributed by atoms with Crippen LogP contribution in [0.15, 0.2) is 48.9 Å². The second-order valence-electron chi connectivity index (χ2n) is 6.44. The van der Waals surface area contributed by atoms with Crippen molar-refractivity contribution >= 4 is 23.4 Å². The fourth-order valence-corrected chi connectivity index (χ4v) is 3.08. The standard InChI is InChI=1S/C19H17ClN6O2/c1-24-7-8-25(12-18(24)27)19(28)16-9-17(15-5-4-13(20)10-22-15)26(23-16)14-3-2-6-21-11-14/h2-6,9-11H,7-8,12H2,1H3. The maximum absolute atomic E-state index is 13.0. The molecule has 0 unspecified atom stereocenters. The number of likely N-dealkylation sites (N-methyl/N-ethyl adjacent to an activating group) is 1. The molecular formula is C19H17ClN6O2. The van der Waals surface area contributed by atoms with E-state index in [1.54, 1.807) is 53.3 Å². The van der Waals surface area contributed by atoms with Crippen LogP contribution in [-0.2, 0) is 4.79 Å². The number of piperazine rings is 1. The molecule has 0 aromatic carbocycles. The number of nitrogens with zero attached hydrogens (tertiary/aromatic N) is 6. The van der Waals surface area contributed by atoms with Gasteiger partial charge in [-0.1, -0.05) is 11.6 Å². The van der Waals surface area contributed by atoms with Gasteiger partial charge in [-0.3, -0.25) is 19.6 Å².